The van der Waals surface area contributed by atoms with Gasteiger partial charge < -0.3 is 15.0 Å². The van der Waals surface area contributed by atoms with Gasteiger partial charge in [-0.05, 0) is 38.1 Å². The largest absolute Gasteiger partial charge is 0.378 e. The summed E-state index contributed by atoms with van der Waals surface area (Å²) in [6.07, 6.45) is 1.57. The van der Waals surface area contributed by atoms with Crippen LogP contribution >= 0.6 is 0 Å². The minimum Gasteiger partial charge on any atom is -0.378 e. The molecule has 27 heavy (non-hydrogen) atoms. The fourth-order valence-corrected chi connectivity index (χ4v) is 4.04. The van der Waals surface area contributed by atoms with E-state index in [9.17, 15) is 13.2 Å². The number of sulfone groups is 1. The van der Waals surface area contributed by atoms with E-state index in [0.717, 1.165) is 18.9 Å². The molecule has 0 atom stereocenters. The van der Waals surface area contributed by atoms with Crippen molar-refractivity contribution in [3.8, 4) is 0 Å². The molecule has 0 saturated carbocycles. The zero-order valence-corrected chi connectivity index (χ0v) is 16.2. The molecule has 1 N–H and O–H groups in total. The average molecular weight is 389 g/mol. The smallest absolute Gasteiger partial charge is 0.257 e. The third-order valence-corrected chi connectivity index (χ3v) is 6.61. The summed E-state index contributed by atoms with van der Waals surface area (Å²) in [5.41, 5.74) is 0.636. The van der Waals surface area contributed by atoms with Crippen LogP contribution in [0.2, 0.25) is 0 Å². The number of carbonyl (C=O) groups excluding carboxylic acids is 1. The minimum atomic E-state index is -3.56. The molecule has 1 aromatic heterocycles. The van der Waals surface area contributed by atoms with Gasteiger partial charge in [-0.15, -0.1) is 0 Å². The van der Waals surface area contributed by atoms with Crippen LogP contribution in [0.4, 0.5) is 11.5 Å². The molecule has 2 heterocycles. The van der Waals surface area contributed by atoms with Crippen molar-refractivity contribution >= 4 is 27.2 Å². The number of nitrogens with one attached hydrogen (secondary N) is 1. The number of amides is 1. The van der Waals surface area contributed by atoms with Gasteiger partial charge in [-0.3, -0.25) is 4.79 Å². The van der Waals surface area contributed by atoms with Crippen LogP contribution < -0.4 is 10.2 Å². The van der Waals surface area contributed by atoms with Gasteiger partial charge in [-0.1, -0.05) is 12.1 Å². The van der Waals surface area contributed by atoms with Crippen molar-refractivity contribution in [3.63, 3.8) is 0 Å². The Kier molecular flexibility index (Phi) is 5.76. The Labute approximate surface area is 159 Å². The lowest BCUT2D eigenvalue weighted by atomic mass is 10.2. The fourth-order valence-electron chi connectivity index (χ4n) is 2.79. The Morgan fingerprint density at radius 1 is 1.15 bits per heavy atom. The van der Waals surface area contributed by atoms with Gasteiger partial charge in [0.05, 0.1) is 40.8 Å². The monoisotopic (exact) mass is 389 g/mol. The maximum atomic E-state index is 12.7. The summed E-state index contributed by atoms with van der Waals surface area (Å²) in [7, 11) is -3.56. The molecule has 1 aromatic carbocycles. The van der Waals surface area contributed by atoms with Gasteiger partial charge in [0.15, 0.2) is 9.84 Å². The predicted molar refractivity (Wildman–Crippen MR) is 104 cm³/mol. The zero-order valence-electron chi connectivity index (χ0n) is 15.4. The molecule has 8 heteroatoms. The number of carbonyl (C=O) groups is 1. The minimum absolute atomic E-state index is 0.0374. The highest BCUT2D eigenvalue weighted by Gasteiger charge is 2.25. The van der Waals surface area contributed by atoms with Crippen molar-refractivity contribution in [2.24, 2.45) is 0 Å². The summed E-state index contributed by atoms with van der Waals surface area (Å²) in [6, 6.07) is 9.83. The first-order valence-electron chi connectivity index (χ1n) is 8.82. The van der Waals surface area contributed by atoms with Gasteiger partial charge >= 0.3 is 0 Å². The molecule has 0 unspecified atom stereocenters. The summed E-state index contributed by atoms with van der Waals surface area (Å²) in [4.78, 5) is 19.2. The highest BCUT2D eigenvalue weighted by Crippen LogP contribution is 2.22. The second-order valence-electron chi connectivity index (χ2n) is 6.55. The fraction of sp³-hybridized carbons (Fsp3) is 0.368. The van der Waals surface area contributed by atoms with Crippen LogP contribution in [-0.4, -0.2) is 50.9 Å². The van der Waals surface area contributed by atoms with Gasteiger partial charge in [0, 0.05) is 13.1 Å². The lowest BCUT2D eigenvalue weighted by Crippen LogP contribution is -2.36. The number of ether oxygens (including phenoxy) is 1. The van der Waals surface area contributed by atoms with Gasteiger partial charge in [0.1, 0.15) is 5.82 Å². The Morgan fingerprint density at radius 3 is 2.48 bits per heavy atom. The van der Waals surface area contributed by atoms with Crippen molar-refractivity contribution in [1.29, 1.82) is 0 Å². The highest BCUT2D eigenvalue weighted by molar-refractivity contribution is 7.92. The van der Waals surface area contributed by atoms with Gasteiger partial charge in [-0.25, -0.2) is 13.4 Å². The molecule has 1 aliphatic heterocycles. The molecule has 1 fully saturated rings. The summed E-state index contributed by atoms with van der Waals surface area (Å²) in [6.45, 7) is 6.08. The maximum absolute atomic E-state index is 12.7. The summed E-state index contributed by atoms with van der Waals surface area (Å²) >= 11 is 0. The van der Waals surface area contributed by atoms with Crippen LogP contribution in [-0.2, 0) is 14.6 Å². The molecule has 0 spiro atoms. The van der Waals surface area contributed by atoms with Crippen molar-refractivity contribution in [3.05, 3.63) is 48.2 Å². The molecule has 0 bridgehead atoms. The Hall–Kier alpha value is -2.45. The summed E-state index contributed by atoms with van der Waals surface area (Å²) < 4.78 is 30.4. The molecule has 144 valence electrons. The van der Waals surface area contributed by atoms with Gasteiger partial charge in [-0.2, -0.15) is 0 Å². The van der Waals surface area contributed by atoms with Crippen molar-refractivity contribution in [1.82, 2.24) is 4.98 Å². The lowest BCUT2D eigenvalue weighted by molar-refractivity contribution is 0.102. The molecule has 0 radical (unpaired) electrons. The molecule has 3 rings (SSSR count). The molecule has 1 amide bonds. The number of rotatable bonds is 5. The van der Waals surface area contributed by atoms with E-state index in [1.165, 1.54) is 12.1 Å². The Balaban J connectivity index is 1.78. The van der Waals surface area contributed by atoms with Crippen LogP contribution in [0.15, 0.2) is 47.5 Å². The number of nitrogens with zero attached hydrogens (tertiary/aromatic N) is 2. The Bertz CT molecular complexity index is 905. The molecule has 0 aliphatic carbocycles. The first kappa shape index (κ1) is 19.3. The van der Waals surface area contributed by atoms with Crippen molar-refractivity contribution in [2.45, 2.75) is 24.0 Å². The number of hydrogen-bond donors (Lipinski definition) is 1. The Morgan fingerprint density at radius 2 is 1.85 bits per heavy atom. The standard InChI is InChI=1S/C19H23N3O4S/c1-14(2)27(24,25)17-6-4-3-5-16(17)19(23)21-15-7-8-18(20-13-15)22-9-11-26-12-10-22/h3-8,13-14H,9-12H2,1-2H3,(H,21,23). The van der Waals surface area contributed by atoms with Crippen LogP contribution in [0.5, 0.6) is 0 Å². The van der Waals surface area contributed by atoms with Crippen molar-refractivity contribution < 1.29 is 17.9 Å². The normalized spacial score (nSPS) is 15.0. The molecule has 1 saturated heterocycles. The van der Waals surface area contributed by atoms with E-state index in [-0.39, 0.29) is 10.5 Å². The SMILES string of the molecule is CC(C)S(=O)(=O)c1ccccc1C(=O)Nc1ccc(N2CCOCC2)nc1. The van der Waals surface area contributed by atoms with Crippen LogP contribution in [0.25, 0.3) is 0 Å². The first-order valence-corrected chi connectivity index (χ1v) is 10.4. The van der Waals surface area contributed by atoms with E-state index in [0.29, 0.717) is 18.9 Å². The van der Waals surface area contributed by atoms with E-state index in [4.69, 9.17) is 4.74 Å². The number of benzene rings is 1. The summed E-state index contributed by atoms with van der Waals surface area (Å²) in [5, 5.41) is 2.12. The van der Waals surface area contributed by atoms with E-state index >= 15 is 0 Å². The molecule has 7 nitrogen and oxygen atoms in total. The lowest BCUT2D eigenvalue weighted by Gasteiger charge is -2.27. The molecular weight excluding hydrogens is 366 g/mol. The second kappa shape index (κ2) is 8.06. The third kappa shape index (κ3) is 4.28. The van der Waals surface area contributed by atoms with E-state index < -0.39 is 21.0 Å². The third-order valence-electron chi connectivity index (χ3n) is 4.40. The molecular formula is C19H23N3O4S. The van der Waals surface area contributed by atoms with Gasteiger partial charge in [0.25, 0.3) is 5.91 Å². The number of hydrogen-bond acceptors (Lipinski definition) is 6. The van der Waals surface area contributed by atoms with E-state index in [1.54, 1.807) is 38.2 Å². The average Bonchev–Trinajstić information content (AvgIpc) is 2.69. The highest BCUT2D eigenvalue weighted by atomic mass is 32.2. The van der Waals surface area contributed by atoms with Crippen LogP contribution in [0.3, 0.4) is 0 Å². The summed E-state index contributed by atoms with van der Waals surface area (Å²) in [5.74, 6) is 0.342. The van der Waals surface area contributed by atoms with Gasteiger partial charge in [0.2, 0.25) is 0 Å². The predicted octanol–water partition coefficient (Wildman–Crippen LogP) is 2.35. The number of morpholine rings is 1. The first-order chi connectivity index (χ1) is 12.9. The topological polar surface area (TPSA) is 88.6 Å². The number of aromatic nitrogens is 1. The maximum Gasteiger partial charge on any atom is 0.257 e. The molecule has 2 aromatic rings. The quantitative estimate of drug-likeness (QED) is 0.844. The number of anilines is 2. The number of pyridine rings is 1. The molecule has 1 aliphatic rings. The van der Waals surface area contributed by atoms with Crippen molar-refractivity contribution in [2.75, 3.05) is 36.5 Å². The second-order valence-corrected chi connectivity index (χ2v) is 9.02. The van der Waals surface area contributed by atoms with E-state index in [1.807, 2.05) is 6.07 Å². The van der Waals surface area contributed by atoms with Crippen LogP contribution in [0.1, 0.15) is 24.2 Å². The van der Waals surface area contributed by atoms with Crippen LogP contribution in [0, 0.1) is 0 Å². The zero-order chi connectivity index (χ0) is 19.4. The van der Waals surface area contributed by atoms with E-state index in [2.05, 4.69) is 15.2 Å².